The number of hydrogen-bond acceptors (Lipinski definition) is 5. The largest absolute Gasteiger partial charge is 0.480 e. The van der Waals surface area contributed by atoms with E-state index in [2.05, 4.69) is 10.6 Å². The molecule has 2 atom stereocenters. The highest BCUT2D eigenvalue weighted by Gasteiger charge is 2.26. The van der Waals surface area contributed by atoms with Crippen molar-refractivity contribution in [3.8, 4) is 0 Å². The summed E-state index contributed by atoms with van der Waals surface area (Å²) >= 11 is 0. The van der Waals surface area contributed by atoms with Crippen molar-refractivity contribution in [2.45, 2.75) is 18.5 Å². The molecule has 1 aliphatic rings. The molecule has 3 N–H and O–H groups in total. The molecule has 0 radical (unpaired) electrons. The summed E-state index contributed by atoms with van der Waals surface area (Å²) in [7, 11) is 1.48. The first-order valence-corrected chi connectivity index (χ1v) is 5.48. The van der Waals surface area contributed by atoms with Crippen molar-refractivity contribution in [1.29, 1.82) is 0 Å². The molecule has 0 spiro atoms. The van der Waals surface area contributed by atoms with Gasteiger partial charge in [0, 0.05) is 26.7 Å². The Morgan fingerprint density at radius 2 is 2.41 bits per heavy atom. The lowest BCUT2D eigenvalue weighted by Crippen LogP contribution is -2.54. The van der Waals surface area contributed by atoms with Gasteiger partial charge in [-0.1, -0.05) is 0 Å². The lowest BCUT2D eigenvalue weighted by atomic mass is 10.2. The van der Waals surface area contributed by atoms with Gasteiger partial charge >= 0.3 is 5.97 Å². The van der Waals surface area contributed by atoms with Gasteiger partial charge in [-0.15, -0.1) is 0 Å². The van der Waals surface area contributed by atoms with Crippen LogP contribution in [0.5, 0.6) is 0 Å². The second-order valence-electron chi connectivity index (χ2n) is 3.76. The fourth-order valence-electron chi connectivity index (χ4n) is 1.50. The molecule has 1 heterocycles. The highest BCUT2D eigenvalue weighted by atomic mass is 16.5. The molecule has 0 aromatic rings. The minimum absolute atomic E-state index is 0.241. The van der Waals surface area contributed by atoms with Crippen LogP contribution in [0, 0.1) is 0 Å². The van der Waals surface area contributed by atoms with Crippen LogP contribution in [0.1, 0.15) is 6.42 Å². The van der Waals surface area contributed by atoms with Crippen molar-refractivity contribution < 1.29 is 24.2 Å². The van der Waals surface area contributed by atoms with E-state index in [1.807, 2.05) is 0 Å². The third kappa shape index (κ3) is 4.68. The van der Waals surface area contributed by atoms with Crippen LogP contribution in [-0.4, -0.2) is 62.5 Å². The predicted molar refractivity (Wildman–Crippen MR) is 58.7 cm³/mol. The Labute approximate surface area is 99.5 Å². The van der Waals surface area contributed by atoms with E-state index in [0.717, 1.165) is 0 Å². The maximum absolute atomic E-state index is 11.7. The van der Waals surface area contributed by atoms with Crippen LogP contribution in [0.3, 0.4) is 0 Å². The number of hydrogen-bond donors (Lipinski definition) is 3. The van der Waals surface area contributed by atoms with Crippen LogP contribution in [0.2, 0.25) is 0 Å². The summed E-state index contributed by atoms with van der Waals surface area (Å²) in [6.45, 7) is 1.71. The summed E-state index contributed by atoms with van der Waals surface area (Å²) in [5.41, 5.74) is 0. The average Bonchev–Trinajstić information content (AvgIpc) is 2.35. The van der Waals surface area contributed by atoms with E-state index < -0.39 is 18.1 Å². The summed E-state index contributed by atoms with van der Waals surface area (Å²) in [6, 6.07) is -1.40. The van der Waals surface area contributed by atoms with E-state index in [1.165, 1.54) is 7.11 Å². The predicted octanol–water partition coefficient (Wildman–Crippen LogP) is -1.42. The second kappa shape index (κ2) is 7.21. The minimum Gasteiger partial charge on any atom is -0.480 e. The van der Waals surface area contributed by atoms with E-state index in [-0.39, 0.29) is 25.5 Å². The van der Waals surface area contributed by atoms with Crippen LogP contribution < -0.4 is 10.6 Å². The monoisotopic (exact) mass is 246 g/mol. The normalized spacial score (nSPS) is 21.8. The molecule has 0 aliphatic carbocycles. The maximum Gasteiger partial charge on any atom is 0.326 e. The summed E-state index contributed by atoms with van der Waals surface area (Å²) in [4.78, 5) is 22.6. The number of nitrogens with one attached hydrogen (secondary N) is 2. The molecule has 7 nitrogen and oxygen atoms in total. The Morgan fingerprint density at radius 3 is 2.94 bits per heavy atom. The number of ether oxygens (including phenoxy) is 2. The Balaban J connectivity index is 2.42. The first kappa shape index (κ1) is 13.9. The topological polar surface area (TPSA) is 96.9 Å². The van der Waals surface area contributed by atoms with Gasteiger partial charge in [-0.3, -0.25) is 4.79 Å². The number of aliphatic carboxylic acids is 1. The van der Waals surface area contributed by atoms with E-state index >= 15 is 0 Å². The van der Waals surface area contributed by atoms with Gasteiger partial charge in [0.15, 0.2) is 0 Å². The zero-order valence-electron chi connectivity index (χ0n) is 9.77. The fourth-order valence-corrected chi connectivity index (χ4v) is 1.50. The Bertz CT molecular complexity index is 265. The molecule has 1 saturated heterocycles. The molecule has 0 saturated carbocycles. The number of carbonyl (C=O) groups is 2. The SMILES string of the molecule is COCCC(NC(=O)C1COCCN1)C(=O)O. The third-order valence-corrected chi connectivity index (χ3v) is 2.46. The van der Waals surface area contributed by atoms with Gasteiger partial charge in [0.2, 0.25) is 5.91 Å². The molecule has 0 aromatic heterocycles. The molecule has 17 heavy (non-hydrogen) atoms. The van der Waals surface area contributed by atoms with E-state index in [9.17, 15) is 9.59 Å². The van der Waals surface area contributed by atoms with Gasteiger partial charge in [-0.25, -0.2) is 4.79 Å². The van der Waals surface area contributed by atoms with Crippen molar-refractivity contribution >= 4 is 11.9 Å². The summed E-state index contributed by atoms with van der Waals surface area (Å²) < 4.78 is 9.93. The van der Waals surface area contributed by atoms with Crippen LogP contribution >= 0.6 is 0 Å². The highest BCUT2D eigenvalue weighted by molar-refractivity contribution is 5.87. The molecular weight excluding hydrogens is 228 g/mol. The molecule has 1 aliphatic heterocycles. The van der Waals surface area contributed by atoms with Crippen LogP contribution in [0.25, 0.3) is 0 Å². The van der Waals surface area contributed by atoms with Crippen molar-refractivity contribution in [2.24, 2.45) is 0 Å². The van der Waals surface area contributed by atoms with Crippen LogP contribution in [0.4, 0.5) is 0 Å². The van der Waals surface area contributed by atoms with Gasteiger partial charge in [-0.05, 0) is 0 Å². The first-order valence-electron chi connectivity index (χ1n) is 5.48. The van der Waals surface area contributed by atoms with Gasteiger partial charge < -0.3 is 25.2 Å². The van der Waals surface area contributed by atoms with Crippen LogP contribution in [0.15, 0.2) is 0 Å². The summed E-state index contributed by atoms with van der Waals surface area (Å²) in [5, 5.41) is 14.3. The summed E-state index contributed by atoms with van der Waals surface area (Å²) in [6.07, 6.45) is 0.241. The summed E-state index contributed by atoms with van der Waals surface area (Å²) in [5.74, 6) is -1.42. The third-order valence-electron chi connectivity index (χ3n) is 2.46. The molecule has 7 heteroatoms. The van der Waals surface area contributed by atoms with Crippen LogP contribution in [-0.2, 0) is 19.1 Å². The number of methoxy groups -OCH3 is 1. The molecular formula is C10H18N2O5. The van der Waals surface area contributed by atoms with E-state index in [0.29, 0.717) is 13.2 Å². The average molecular weight is 246 g/mol. The lowest BCUT2D eigenvalue weighted by Gasteiger charge is -2.24. The lowest BCUT2D eigenvalue weighted by molar-refractivity contribution is -0.143. The Morgan fingerprint density at radius 1 is 1.65 bits per heavy atom. The number of carboxylic acid groups (broad SMARTS) is 1. The molecule has 0 bridgehead atoms. The van der Waals surface area contributed by atoms with Crippen molar-refractivity contribution in [2.75, 3.05) is 33.5 Å². The van der Waals surface area contributed by atoms with Gasteiger partial charge in [0.05, 0.1) is 13.2 Å². The minimum atomic E-state index is -1.06. The number of morpholine rings is 1. The second-order valence-corrected chi connectivity index (χ2v) is 3.76. The smallest absolute Gasteiger partial charge is 0.326 e. The van der Waals surface area contributed by atoms with Crippen molar-refractivity contribution in [3.05, 3.63) is 0 Å². The molecule has 2 unspecified atom stereocenters. The maximum atomic E-state index is 11.7. The highest BCUT2D eigenvalue weighted by Crippen LogP contribution is 1.97. The number of carboxylic acids is 1. The van der Waals surface area contributed by atoms with Gasteiger partial charge in [-0.2, -0.15) is 0 Å². The van der Waals surface area contributed by atoms with Crippen molar-refractivity contribution in [3.63, 3.8) is 0 Å². The number of amides is 1. The molecule has 1 amide bonds. The molecule has 1 fully saturated rings. The zero-order chi connectivity index (χ0) is 12.7. The number of rotatable bonds is 6. The molecule has 1 rings (SSSR count). The first-order chi connectivity index (χ1) is 8.15. The molecule has 98 valence electrons. The van der Waals surface area contributed by atoms with Gasteiger partial charge in [0.1, 0.15) is 12.1 Å². The Hall–Kier alpha value is -1.18. The zero-order valence-corrected chi connectivity index (χ0v) is 9.77. The number of carbonyl (C=O) groups excluding carboxylic acids is 1. The van der Waals surface area contributed by atoms with E-state index in [4.69, 9.17) is 14.6 Å². The standard InChI is InChI=1S/C10H18N2O5/c1-16-4-2-7(10(14)15)12-9(13)8-6-17-5-3-11-8/h7-8,11H,2-6H2,1H3,(H,12,13)(H,14,15). The van der Waals surface area contributed by atoms with E-state index in [1.54, 1.807) is 0 Å². The molecule has 0 aromatic carbocycles. The van der Waals surface area contributed by atoms with Crippen molar-refractivity contribution in [1.82, 2.24) is 10.6 Å². The van der Waals surface area contributed by atoms with Gasteiger partial charge in [0.25, 0.3) is 0 Å². The Kier molecular flexibility index (Phi) is 5.88. The quantitative estimate of drug-likeness (QED) is 0.532. The fraction of sp³-hybridized carbons (Fsp3) is 0.800.